The number of benzene rings is 1. The average Bonchev–Trinajstić information content (AvgIpc) is 2.69. The van der Waals surface area contributed by atoms with Gasteiger partial charge in [0.1, 0.15) is 11.3 Å². The van der Waals surface area contributed by atoms with Crippen molar-refractivity contribution in [2.24, 2.45) is 5.73 Å². The first-order valence-corrected chi connectivity index (χ1v) is 5.04. The second kappa shape index (κ2) is 4.44. The maximum Gasteiger partial charge on any atom is 0.405 e. The van der Waals surface area contributed by atoms with Crippen LogP contribution < -0.4 is 5.73 Å². The zero-order valence-corrected chi connectivity index (χ0v) is 9.34. The van der Waals surface area contributed by atoms with Crippen LogP contribution in [0.15, 0.2) is 22.6 Å². The summed E-state index contributed by atoms with van der Waals surface area (Å²) in [6, 6.07) is 3.69. The van der Waals surface area contributed by atoms with Gasteiger partial charge in [0.15, 0.2) is 11.7 Å². The number of hydrogen-bond donors (Lipinski definition) is 1. The number of nitrogens with two attached hydrogens (primary N) is 1. The maximum atomic E-state index is 12.9. The third-order valence-electron chi connectivity index (χ3n) is 2.22. The maximum absolute atomic E-state index is 12.9. The molecule has 1 aromatic carbocycles. The van der Waals surface area contributed by atoms with E-state index in [2.05, 4.69) is 9.72 Å². The molecule has 0 fully saturated rings. The molecule has 2 N–H and O–H groups in total. The lowest BCUT2D eigenvalue weighted by Gasteiger charge is -2.06. The van der Waals surface area contributed by atoms with Gasteiger partial charge >= 0.3 is 6.09 Å². The molecule has 0 bridgehead atoms. The highest BCUT2D eigenvalue weighted by molar-refractivity contribution is 5.98. The van der Waals surface area contributed by atoms with E-state index in [1.54, 1.807) is 0 Å². The third kappa shape index (κ3) is 2.29. The molecule has 0 saturated carbocycles. The second-order valence-electron chi connectivity index (χ2n) is 3.57. The van der Waals surface area contributed by atoms with E-state index in [0.717, 1.165) is 6.07 Å². The van der Waals surface area contributed by atoms with Crippen molar-refractivity contribution in [3.8, 4) is 0 Å². The molecular weight excluding hydrogens is 243 g/mol. The molecule has 6 nitrogen and oxygen atoms in total. The van der Waals surface area contributed by atoms with Crippen LogP contribution in [0.3, 0.4) is 0 Å². The SMILES string of the molecule is C[C@H](OC(N)=O)C(=O)c1nc2ccc(F)cc2o1. The molecule has 0 radical (unpaired) electrons. The highest BCUT2D eigenvalue weighted by atomic mass is 19.1. The summed E-state index contributed by atoms with van der Waals surface area (Å²) in [5.74, 6) is -1.41. The Morgan fingerprint density at radius 3 is 2.89 bits per heavy atom. The zero-order valence-electron chi connectivity index (χ0n) is 9.34. The van der Waals surface area contributed by atoms with Gasteiger partial charge in [-0.3, -0.25) is 4.79 Å². The number of nitrogens with zero attached hydrogens (tertiary/aromatic N) is 1. The van der Waals surface area contributed by atoms with Crippen LogP contribution in [-0.2, 0) is 4.74 Å². The van der Waals surface area contributed by atoms with E-state index in [1.807, 2.05) is 0 Å². The smallest absolute Gasteiger partial charge is 0.405 e. The van der Waals surface area contributed by atoms with E-state index in [-0.39, 0.29) is 11.5 Å². The molecule has 0 spiro atoms. The fraction of sp³-hybridized carbons (Fsp3) is 0.182. The van der Waals surface area contributed by atoms with Crippen LogP contribution in [0.1, 0.15) is 17.6 Å². The Morgan fingerprint density at radius 2 is 2.22 bits per heavy atom. The summed E-state index contributed by atoms with van der Waals surface area (Å²) in [7, 11) is 0. The van der Waals surface area contributed by atoms with Gasteiger partial charge in [-0.15, -0.1) is 0 Å². The van der Waals surface area contributed by atoms with Crippen molar-refractivity contribution in [2.45, 2.75) is 13.0 Å². The van der Waals surface area contributed by atoms with Gasteiger partial charge in [0.25, 0.3) is 11.7 Å². The number of rotatable bonds is 3. The van der Waals surface area contributed by atoms with Gasteiger partial charge in [-0.2, -0.15) is 0 Å². The molecule has 1 aromatic heterocycles. The Hall–Kier alpha value is -2.44. The molecule has 0 aliphatic heterocycles. The Labute approximate surface area is 101 Å². The fourth-order valence-corrected chi connectivity index (χ4v) is 1.41. The van der Waals surface area contributed by atoms with Crippen LogP contribution in [-0.4, -0.2) is 23.0 Å². The minimum Gasteiger partial charge on any atom is -0.438 e. The lowest BCUT2D eigenvalue weighted by molar-refractivity contribution is 0.0664. The third-order valence-corrected chi connectivity index (χ3v) is 2.22. The summed E-state index contributed by atoms with van der Waals surface area (Å²) < 4.78 is 22.5. The van der Waals surface area contributed by atoms with Gasteiger partial charge < -0.3 is 14.9 Å². The molecule has 2 rings (SSSR count). The van der Waals surface area contributed by atoms with E-state index in [1.165, 1.54) is 19.1 Å². The summed E-state index contributed by atoms with van der Waals surface area (Å²) in [5, 5.41) is 0. The molecule has 7 heteroatoms. The van der Waals surface area contributed by atoms with Gasteiger partial charge in [-0.1, -0.05) is 0 Å². The topological polar surface area (TPSA) is 95.4 Å². The number of aromatic nitrogens is 1. The van der Waals surface area contributed by atoms with Gasteiger partial charge in [0.05, 0.1) is 0 Å². The molecule has 2 aromatic rings. The number of fused-ring (bicyclic) bond motifs is 1. The van der Waals surface area contributed by atoms with Gasteiger partial charge in [-0.05, 0) is 19.1 Å². The zero-order chi connectivity index (χ0) is 13.3. The number of halogens is 1. The minimum absolute atomic E-state index is 0.143. The highest BCUT2D eigenvalue weighted by Gasteiger charge is 2.23. The molecule has 94 valence electrons. The van der Waals surface area contributed by atoms with E-state index >= 15 is 0 Å². The first-order valence-electron chi connectivity index (χ1n) is 5.04. The largest absolute Gasteiger partial charge is 0.438 e. The summed E-state index contributed by atoms with van der Waals surface area (Å²) in [4.78, 5) is 26.1. The normalized spacial score (nSPS) is 12.3. The highest BCUT2D eigenvalue weighted by Crippen LogP contribution is 2.18. The van der Waals surface area contributed by atoms with E-state index in [9.17, 15) is 14.0 Å². The van der Waals surface area contributed by atoms with Crippen molar-refractivity contribution in [2.75, 3.05) is 0 Å². The fourth-order valence-electron chi connectivity index (χ4n) is 1.41. The number of hydrogen-bond acceptors (Lipinski definition) is 5. The predicted octanol–water partition coefficient (Wildman–Crippen LogP) is 1.63. The standard InChI is InChI=1S/C11H9FN2O4/c1-5(17-11(13)16)9(15)10-14-7-3-2-6(12)4-8(7)18-10/h2-5H,1H3,(H2,13,16)/t5-/m0/s1. The van der Waals surface area contributed by atoms with Crippen molar-refractivity contribution in [3.05, 3.63) is 29.9 Å². The van der Waals surface area contributed by atoms with Crippen LogP contribution in [0.5, 0.6) is 0 Å². The summed E-state index contributed by atoms with van der Waals surface area (Å²) >= 11 is 0. The first-order chi connectivity index (χ1) is 8.47. The predicted molar refractivity (Wildman–Crippen MR) is 58.4 cm³/mol. The minimum atomic E-state index is -1.11. The van der Waals surface area contributed by atoms with Crippen LogP contribution in [0.2, 0.25) is 0 Å². The molecule has 1 atom stereocenters. The number of Topliss-reactive ketones (excluding diaryl/α,β-unsaturated/α-hetero) is 1. The Bertz CT molecular complexity index is 623. The quantitative estimate of drug-likeness (QED) is 0.837. The number of primary amides is 1. The molecule has 18 heavy (non-hydrogen) atoms. The van der Waals surface area contributed by atoms with Crippen LogP contribution in [0, 0.1) is 5.82 Å². The number of oxazole rings is 1. The number of carbonyl (C=O) groups excluding carboxylic acids is 2. The molecule has 1 heterocycles. The van der Waals surface area contributed by atoms with Crippen molar-refractivity contribution in [3.63, 3.8) is 0 Å². The monoisotopic (exact) mass is 252 g/mol. The van der Waals surface area contributed by atoms with Crippen molar-refractivity contribution >= 4 is 23.0 Å². The Kier molecular flexibility index (Phi) is 2.97. The molecule has 0 unspecified atom stereocenters. The van der Waals surface area contributed by atoms with E-state index in [4.69, 9.17) is 10.2 Å². The summed E-state index contributed by atoms with van der Waals surface area (Å²) in [6.07, 6.45) is -2.18. The lowest BCUT2D eigenvalue weighted by Crippen LogP contribution is -2.27. The summed E-state index contributed by atoms with van der Waals surface area (Å²) in [6.45, 7) is 1.34. The number of carbonyl (C=O) groups is 2. The molecule has 0 aliphatic carbocycles. The molecule has 0 aliphatic rings. The van der Waals surface area contributed by atoms with Crippen LogP contribution in [0.25, 0.3) is 11.1 Å². The van der Waals surface area contributed by atoms with Crippen molar-refractivity contribution < 1.29 is 23.1 Å². The van der Waals surface area contributed by atoms with Gasteiger partial charge in [0.2, 0.25) is 0 Å². The number of amides is 1. The van der Waals surface area contributed by atoms with E-state index in [0.29, 0.717) is 5.52 Å². The van der Waals surface area contributed by atoms with Crippen LogP contribution in [0.4, 0.5) is 9.18 Å². The van der Waals surface area contributed by atoms with E-state index < -0.39 is 23.8 Å². The molecular formula is C11H9FN2O4. The molecule has 1 amide bonds. The summed E-state index contributed by atoms with van der Waals surface area (Å²) in [5.41, 5.74) is 5.27. The first kappa shape index (κ1) is 12.0. The van der Waals surface area contributed by atoms with Crippen LogP contribution >= 0.6 is 0 Å². The van der Waals surface area contributed by atoms with Crippen molar-refractivity contribution in [1.29, 1.82) is 0 Å². The van der Waals surface area contributed by atoms with Gasteiger partial charge in [-0.25, -0.2) is 14.2 Å². The second-order valence-corrected chi connectivity index (χ2v) is 3.57. The lowest BCUT2D eigenvalue weighted by atomic mass is 10.2. The van der Waals surface area contributed by atoms with Crippen molar-refractivity contribution in [1.82, 2.24) is 4.98 Å². The number of ether oxygens (including phenoxy) is 1. The Balaban J connectivity index is 2.30. The molecule has 0 saturated heterocycles. The van der Waals surface area contributed by atoms with Gasteiger partial charge in [0, 0.05) is 6.07 Å². The average molecular weight is 252 g/mol. The Morgan fingerprint density at radius 1 is 1.50 bits per heavy atom. The number of ketones is 1.